The summed E-state index contributed by atoms with van der Waals surface area (Å²) in [5.41, 5.74) is -0.289. The zero-order chi connectivity index (χ0) is 22.6. The molecule has 0 radical (unpaired) electrons. The fraction of sp³-hybridized carbons (Fsp3) is 1.00. The van der Waals surface area contributed by atoms with Crippen LogP contribution in [0.2, 0.25) is 0 Å². The minimum absolute atomic E-state index is 0.0376. The molecule has 9 atom stereocenters. The second-order valence-corrected chi connectivity index (χ2v) is 12.4. The Kier molecular flexibility index (Phi) is 6.60. The number of nitrogens with zero attached hydrogens (tertiary/aromatic N) is 2. The Morgan fingerprint density at radius 2 is 1.71 bits per heavy atom. The standard InChI is InChI=1S/C26H48N2O3/c1-18(28(6)31-16-15-27(4)5)21-11-14-26(30)23-8-7-19-17-20(29)9-12-24(19,2)22(23)10-13-25(21,26)3/h18-23,29-30H,7-17H2,1-6H3/t18?,19?,20?,21-,22+,23-,24+,25-,26-/m1/s1. The summed E-state index contributed by atoms with van der Waals surface area (Å²) in [6, 6.07) is 0.300. The maximum Gasteiger partial charge on any atom is 0.0811 e. The van der Waals surface area contributed by atoms with E-state index in [9.17, 15) is 10.2 Å². The molecule has 0 aromatic heterocycles. The van der Waals surface area contributed by atoms with Crippen LogP contribution in [0.5, 0.6) is 0 Å². The fourth-order valence-electron chi connectivity index (χ4n) is 8.76. The first-order valence-electron chi connectivity index (χ1n) is 12.9. The van der Waals surface area contributed by atoms with Crippen LogP contribution in [-0.4, -0.2) is 72.2 Å². The van der Waals surface area contributed by atoms with Crippen molar-refractivity contribution in [2.75, 3.05) is 34.3 Å². The molecule has 0 heterocycles. The van der Waals surface area contributed by atoms with Gasteiger partial charge in [-0.2, -0.15) is 5.06 Å². The van der Waals surface area contributed by atoms with Gasteiger partial charge in [0.05, 0.1) is 18.3 Å². The predicted molar refractivity (Wildman–Crippen MR) is 124 cm³/mol. The molecule has 0 saturated heterocycles. The van der Waals surface area contributed by atoms with E-state index >= 15 is 0 Å². The van der Waals surface area contributed by atoms with Crippen molar-refractivity contribution in [3.05, 3.63) is 0 Å². The Morgan fingerprint density at radius 3 is 2.42 bits per heavy atom. The molecule has 5 heteroatoms. The minimum atomic E-state index is -0.552. The number of aliphatic hydroxyl groups excluding tert-OH is 1. The quantitative estimate of drug-likeness (QED) is 0.618. The van der Waals surface area contributed by atoms with Crippen molar-refractivity contribution in [1.29, 1.82) is 0 Å². The Balaban J connectivity index is 1.50. The summed E-state index contributed by atoms with van der Waals surface area (Å²) >= 11 is 0. The Hall–Kier alpha value is -0.200. The van der Waals surface area contributed by atoms with E-state index in [1.54, 1.807) is 0 Å². The van der Waals surface area contributed by atoms with Gasteiger partial charge in [0.1, 0.15) is 0 Å². The van der Waals surface area contributed by atoms with Crippen molar-refractivity contribution in [2.24, 2.45) is 34.5 Å². The van der Waals surface area contributed by atoms with Crippen molar-refractivity contribution in [2.45, 2.75) is 96.3 Å². The van der Waals surface area contributed by atoms with Crippen molar-refractivity contribution in [3.63, 3.8) is 0 Å². The third-order valence-corrected chi connectivity index (χ3v) is 10.9. The normalized spacial score (nSPS) is 48.4. The SMILES string of the molecule is CC([C@H]1CC[C@@]2(O)[C@@H]3CCC4CC(O)CC[C@]4(C)[C@H]3CC[C@]12C)N(C)OCCN(C)C. The summed E-state index contributed by atoms with van der Waals surface area (Å²) in [4.78, 5) is 8.22. The van der Waals surface area contributed by atoms with Crippen LogP contribution in [0.4, 0.5) is 0 Å². The molecule has 0 aliphatic heterocycles. The van der Waals surface area contributed by atoms with Gasteiger partial charge >= 0.3 is 0 Å². The number of likely N-dealkylation sites (N-methyl/N-ethyl adjacent to an activating group) is 1. The number of rotatable bonds is 6. The van der Waals surface area contributed by atoms with Gasteiger partial charge in [0.2, 0.25) is 0 Å². The van der Waals surface area contributed by atoms with Gasteiger partial charge in [-0.15, -0.1) is 0 Å². The first-order valence-corrected chi connectivity index (χ1v) is 12.9. The zero-order valence-corrected chi connectivity index (χ0v) is 20.9. The number of hydrogen-bond donors (Lipinski definition) is 2. The Labute approximate surface area is 190 Å². The Bertz CT molecular complexity index is 644. The van der Waals surface area contributed by atoms with E-state index in [0.29, 0.717) is 41.7 Å². The molecule has 4 aliphatic rings. The molecule has 3 unspecified atom stereocenters. The van der Waals surface area contributed by atoms with Crippen molar-refractivity contribution in [3.8, 4) is 0 Å². The molecule has 180 valence electrons. The molecule has 2 N–H and O–H groups in total. The van der Waals surface area contributed by atoms with Gasteiger partial charge in [-0.25, -0.2) is 0 Å². The van der Waals surface area contributed by atoms with Crippen molar-refractivity contribution in [1.82, 2.24) is 9.96 Å². The second kappa shape index (κ2) is 8.54. The molecule has 5 nitrogen and oxygen atoms in total. The molecule has 0 amide bonds. The summed E-state index contributed by atoms with van der Waals surface area (Å²) in [6.45, 7) is 8.81. The van der Waals surface area contributed by atoms with Crippen LogP contribution in [0.25, 0.3) is 0 Å². The molecule has 4 saturated carbocycles. The number of hydroxylamine groups is 2. The third-order valence-electron chi connectivity index (χ3n) is 10.9. The lowest BCUT2D eigenvalue weighted by atomic mass is 9.43. The summed E-state index contributed by atoms with van der Waals surface area (Å²) in [5.74, 6) is 2.12. The second-order valence-electron chi connectivity index (χ2n) is 12.4. The summed E-state index contributed by atoms with van der Waals surface area (Å²) in [5, 5.41) is 24.7. The topological polar surface area (TPSA) is 56.2 Å². The predicted octanol–water partition coefficient (Wildman–Crippen LogP) is 3.93. The van der Waals surface area contributed by atoms with Gasteiger partial charge in [-0.05, 0) is 108 Å². The summed E-state index contributed by atoms with van der Waals surface area (Å²) < 4.78 is 0. The molecule has 0 bridgehead atoms. The molecular formula is C26H48N2O3. The molecule has 4 aliphatic carbocycles. The van der Waals surface area contributed by atoms with E-state index in [4.69, 9.17) is 4.84 Å². The highest BCUT2D eigenvalue weighted by Gasteiger charge is 2.67. The molecular weight excluding hydrogens is 388 g/mol. The van der Waals surface area contributed by atoms with Crippen LogP contribution in [0.3, 0.4) is 0 Å². The lowest BCUT2D eigenvalue weighted by Gasteiger charge is -2.64. The van der Waals surface area contributed by atoms with Crippen LogP contribution in [0, 0.1) is 34.5 Å². The van der Waals surface area contributed by atoms with Crippen LogP contribution >= 0.6 is 0 Å². The van der Waals surface area contributed by atoms with Crippen LogP contribution < -0.4 is 0 Å². The maximum absolute atomic E-state index is 12.4. The first-order chi connectivity index (χ1) is 14.5. The number of aliphatic hydroxyl groups is 2. The highest BCUT2D eigenvalue weighted by Crippen LogP contribution is 2.69. The lowest BCUT2D eigenvalue weighted by Crippen LogP contribution is -2.63. The molecule has 0 spiro atoms. The van der Waals surface area contributed by atoms with Gasteiger partial charge in [-0.1, -0.05) is 13.8 Å². The van der Waals surface area contributed by atoms with Crippen molar-refractivity contribution < 1.29 is 15.1 Å². The van der Waals surface area contributed by atoms with E-state index in [2.05, 4.69) is 51.9 Å². The van der Waals surface area contributed by atoms with Crippen LogP contribution in [0.15, 0.2) is 0 Å². The van der Waals surface area contributed by atoms with Gasteiger partial charge in [-0.3, -0.25) is 4.84 Å². The van der Waals surface area contributed by atoms with E-state index in [1.807, 2.05) is 0 Å². The average molecular weight is 437 g/mol. The van der Waals surface area contributed by atoms with Gasteiger partial charge in [0.25, 0.3) is 0 Å². The van der Waals surface area contributed by atoms with Gasteiger partial charge in [0.15, 0.2) is 0 Å². The number of fused-ring (bicyclic) bond motifs is 5. The first kappa shape index (κ1) is 23.9. The minimum Gasteiger partial charge on any atom is -0.393 e. The van der Waals surface area contributed by atoms with E-state index in [0.717, 1.165) is 51.5 Å². The zero-order valence-electron chi connectivity index (χ0n) is 20.9. The highest BCUT2D eigenvalue weighted by molar-refractivity contribution is 5.17. The lowest BCUT2D eigenvalue weighted by molar-refractivity contribution is -0.228. The highest BCUT2D eigenvalue weighted by atomic mass is 16.7. The van der Waals surface area contributed by atoms with Crippen LogP contribution in [-0.2, 0) is 4.84 Å². The smallest absolute Gasteiger partial charge is 0.0811 e. The maximum atomic E-state index is 12.4. The molecule has 4 rings (SSSR count). The van der Waals surface area contributed by atoms with Crippen molar-refractivity contribution >= 4 is 0 Å². The average Bonchev–Trinajstić information content (AvgIpc) is 2.99. The largest absolute Gasteiger partial charge is 0.393 e. The van der Waals surface area contributed by atoms with E-state index in [-0.39, 0.29) is 11.5 Å². The third kappa shape index (κ3) is 3.80. The van der Waals surface area contributed by atoms with E-state index < -0.39 is 5.60 Å². The van der Waals surface area contributed by atoms with Crippen LogP contribution in [0.1, 0.15) is 78.6 Å². The Morgan fingerprint density at radius 1 is 0.968 bits per heavy atom. The fourth-order valence-corrected chi connectivity index (χ4v) is 8.76. The number of hydrogen-bond acceptors (Lipinski definition) is 5. The molecule has 31 heavy (non-hydrogen) atoms. The summed E-state index contributed by atoms with van der Waals surface area (Å²) in [7, 11) is 6.23. The molecule has 4 fully saturated rings. The molecule has 0 aromatic rings. The molecule has 0 aromatic carbocycles. The van der Waals surface area contributed by atoms with E-state index in [1.165, 1.54) is 12.8 Å². The van der Waals surface area contributed by atoms with Gasteiger partial charge in [0, 0.05) is 25.0 Å². The monoisotopic (exact) mass is 436 g/mol. The summed E-state index contributed by atoms with van der Waals surface area (Å²) in [6.07, 6.45) is 9.66. The van der Waals surface area contributed by atoms with Gasteiger partial charge < -0.3 is 15.1 Å².